The Morgan fingerprint density at radius 3 is 3.10 bits per heavy atom. The molecule has 0 radical (unpaired) electrons. The third kappa shape index (κ3) is 1.13. The molecule has 3 heteroatoms. The minimum absolute atomic E-state index is 0.248. The van der Waals surface area contributed by atoms with Crippen molar-refractivity contribution in [1.29, 1.82) is 0 Å². The van der Waals surface area contributed by atoms with E-state index in [1.165, 1.54) is 24.4 Å². The smallest absolute Gasteiger partial charge is 0.401 e. The van der Waals surface area contributed by atoms with E-state index in [9.17, 15) is 4.79 Å². The zero-order valence-electron chi connectivity index (χ0n) is 8.11. The van der Waals surface area contributed by atoms with Crippen molar-refractivity contribution in [2.24, 2.45) is 6.98 Å². The lowest BCUT2D eigenvalue weighted by Gasteiger charge is -1.90. The van der Waals surface area contributed by atoms with Gasteiger partial charge in [-0.25, -0.2) is 4.79 Å². The fraction of sp³-hybridized carbons (Fsp3) is 0.143. The van der Waals surface area contributed by atoms with Gasteiger partial charge >= 0.3 is 5.97 Å². The molecule has 0 aromatic carbocycles. The van der Waals surface area contributed by atoms with E-state index < -0.39 is 12.9 Å². The van der Waals surface area contributed by atoms with Crippen LogP contribution >= 0.6 is 0 Å². The molecule has 1 heterocycles. The lowest BCUT2D eigenvalue weighted by atomic mass is 10.3. The monoisotopic (exact) mass is 141 g/mol. The lowest BCUT2D eigenvalue weighted by molar-refractivity contribution is -0.674. The fourth-order valence-corrected chi connectivity index (χ4v) is 0.617. The second-order valence-corrected chi connectivity index (χ2v) is 1.76. The number of aromatic nitrogens is 1. The molecule has 0 atom stereocenters. The van der Waals surface area contributed by atoms with Crippen LogP contribution in [0.1, 0.15) is 14.6 Å². The third-order valence-electron chi connectivity index (χ3n) is 1.08. The standard InChI is InChI=1S/C7H7NO2/c1-8-5-3-2-4-6(8)7(9)10/h2-5H,1H3/p+1/i1D3. The van der Waals surface area contributed by atoms with Gasteiger partial charge < -0.3 is 5.11 Å². The van der Waals surface area contributed by atoms with E-state index in [0.29, 0.717) is 0 Å². The van der Waals surface area contributed by atoms with Crippen LogP contribution < -0.4 is 4.57 Å². The van der Waals surface area contributed by atoms with Crippen LogP contribution in [-0.4, -0.2) is 11.1 Å². The van der Waals surface area contributed by atoms with Crippen LogP contribution in [-0.2, 0) is 6.98 Å². The Bertz CT molecular complexity index is 335. The van der Waals surface area contributed by atoms with Crippen molar-refractivity contribution in [3.8, 4) is 0 Å². The topological polar surface area (TPSA) is 41.2 Å². The van der Waals surface area contributed by atoms with Gasteiger partial charge in [-0.2, -0.15) is 4.57 Å². The number of hydrogen-bond acceptors (Lipinski definition) is 1. The first-order chi connectivity index (χ1) is 5.93. The Hall–Kier alpha value is -1.38. The molecule has 0 fully saturated rings. The van der Waals surface area contributed by atoms with Crippen molar-refractivity contribution in [3.05, 3.63) is 30.1 Å². The van der Waals surface area contributed by atoms with Crippen LogP contribution in [0.15, 0.2) is 24.4 Å². The van der Waals surface area contributed by atoms with E-state index in [1.54, 1.807) is 0 Å². The number of carbonyl (C=O) groups is 1. The number of aryl methyl sites for hydroxylation is 1. The fourth-order valence-electron chi connectivity index (χ4n) is 0.617. The van der Waals surface area contributed by atoms with Crippen LogP contribution in [0.5, 0.6) is 0 Å². The summed E-state index contributed by atoms with van der Waals surface area (Å²) in [5, 5.41) is 8.66. The first kappa shape index (κ1) is 3.71. The van der Waals surface area contributed by atoms with E-state index in [4.69, 9.17) is 9.22 Å². The van der Waals surface area contributed by atoms with Crippen molar-refractivity contribution in [3.63, 3.8) is 0 Å². The van der Waals surface area contributed by atoms with Crippen LogP contribution in [0.2, 0.25) is 0 Å². The maximum Gasteiger partial charge on any atom is 0.401 e. The minimum atomic E-state index is -2.45. The summed E-state index contributed by atoms with van der Waals surface area (Å²) in [4.78, 5) is 10.6. The molecule has 0 unspecified atom stereocenters. The highest BCUT2D eigenvalue weighted by Crippen LogP contribution is 1.88. The summed E-state index contributed by atoms with van der Waals surface area (Å²) in [5.41, 5.74) is -0.248. The molecular weight excluding hydrogens is 130 g/mol. The number of nitrogens with zero attached hydrogens (tertiary/aromatic N) is 1. The van der Waals surface area contributed by atoms with E-state index in [1.807, 2.05) is 0 Å². The number of carboxylic acid groups (broad SMARTS) is 1. The summed E-state index contributed by atoms with van der Waals surface area (Å²) >= 11 is 0. The van der Waals surface area contributed by atoms with Crippen LogP contribution in [0, 0.1) is 0 Å². The Morgan fingerprint density at radius 1 is 1.80 bits per heavy atom. The molecule has 0 saturated heterocycles. The second-order valence-electron chi connectivity index (χ2n) is 1.76. The van der Waals surface area contributed by atoms with Gasteiger partial charge in [-0.1, -0.05) is 0 Å². The Kier molecular flexibility index (Phi) is 0.917. The maximum absolute atomic E-state index is 10.6. The van der Waals surface area contributed by atoms with Gasteiger partial charge in [-0.15, -0.1) is 0 Å². The van der Waals surface area contributed by atoms with Gasteiger partial charge in [0.15, 0.2) is 6.20 Å². The van der Waals surface area contributed by atoms with Gasteiger partial charge in [0.05, 0.1) is 0 Å². The summed E-state index contributed by atoms with van der Waals surface area (Å²) in [6, 6.07) is 4.19. The summed E-state index contributed by atoms with van der Waals surface area (Å²) < 4.78 is 21.9. The summed E-state index contributed by atoms with van der Waals surface area (Å²) in [6.07, 6.45) is 1.22. The molecule has 1 aromatic rings. The molecule has 0 saturated carbocycles. The quantitative estimate of drug-likeness (QED) is 0.568. The molecule has 0 amide bonds. The van der Waals surface area contributed by atoms with Crippen molar-refractivity contribution >= 4 is 5.97 Å². The predicted molar refractivity (Wildman–Crippen MR) is 34.6 cm³/mol. The summed E-state index contributed by atoms with van der Waals surface area (Å²) in [5.74, 6) is -1.25. The summed E-state index contributed by atoms with van der Waals surface area (Å²) in [7, 11) is 0. The van der Waals surface area contributed by atoms with Crippen molar-refractivity contribution in [1.82, 2.24) is 0 Å². The molecule has 1 N–H and O–H groups in total. The highest BCUT2D eigenvalue weighted by atomic mass is 16.4. The van der Waals surface area contributed by atoms with E-state index in [-0.39, 0.29) is 5.69 Å². The Labute approximate surface area is 62.8 Å². The van der Waals surface area contributed by atoms with Crippen molar-refractivity contribution in [2.75, 3.05) is 0 Å². The first-order valence-corrected chi connectivity index (χ1v) is 2.67. The van der Waals surface area contributed by atoms with Gasteiger partial charge in [0.2, 0.25) is 0 Å². The normalized spacial score (nSPS) is 15.0. The molecule has 3 nitrogen and oxygen atoms in total. The van der Waals surface area contributed by atoms with E-state index >= 15 is 0 Å². The average Bonchev–Trinajstić information content (AvgIpc) is 2.03. The molecule has 0 aliphatic rings. The lowest BCUT2D eigenvalue weighted by Crippen LogP contribution is -2.35. The van der Waals surface area contributed by atoms with Gasteiger partial charge in [-0.3, -0.25) is 0 Å². The largest absolute Gasteiger partial charge is 0.473 e. The zero-order valence-corrected chi connectivity index (χ0v) is 5.11. The van der Waals surface area contributed by atoms with Gasteiger partial charge in [0, 0.05) is 12.1 Å². The first-order valence-electron chi connectivity index (χ1n) is 4.17. The SMILES string of the molecule is [2H]C([2H])([2H])[n+]1ccccc1C(=O)O. The van der Waals surface area contributed by atoms with Crippen LogP contribution in [0.25, 0.3) is 0 Å². The molecule has 0 spiro atoms. The third-order valence-corrected chi connectivity index (χ3v) is 1.08. The second kappa shape index (κ2) is 2.47. The molecule has 1 aromatic heterocycles. The molecule has 0 bridgehead atoms. The number of aromatic carboxylic acids is 1. The Balaban J connectivity index is 3.28. The highest BCUT2D eigenvalue weighted by Gasteiger charge is 2.11. The number of hydrogen-bond donors (Lipinski definition) is 1. The van der Waals surface area contributed by atoms with Crippen LogP contribution in [0.3, 0.4) is 0 Å². The van der Waals surface area contributed by atoms with Crippen molar-refractivity contribution < 1.29 is 18.6 Å². The maximum atomic E-state index is 10.6. The number of carboxylic acids is 1. The van der Waals surface area contributed by atoms with Crippen molar-refractivity contribution in [2.45, 2.75) is 0 Å². The highest BCUT2D eigenvalue weighted by molar-refractivity contribution is 5.83. The summed E-state index contributed by atoms with van der Waals surface area (Å²) in [6.45, 7) is -2.45. The molecule has 10 heavy (non-hydrogen) atoms. The molecule has 1 rings (SSSR count). The Morgan fingerprint density at radius 2 is 2.60 bits per heavy atom. The van der Waals surface area contributed by atoms with Gasteiger partial charge in [0.25, 0.3) is 5.69 Å². The van der Waals surface area contributed by atoms with Crippen LogP contribution in [0.4, 0.5) is 0 Å². The predicted octanol–water partition coefficient (Wildman–Crippen LogP) is 0.209. The molecular formula is C7H8NO2+. The average molecular weight is 141 g/mol. The molecule has 52 valence electrons. The number of rotatable bonds is 1. The molecule has 0 aliphatic heterocycles. The van der Waals surface area contributed by atoms with E-state index in [0.717, 1.165) is 4.57 Å². The zero-order chi connectivity index (χ0) is 10.1. The molecule has 0 aliphatic carbocycles. The van der Waals surface area contributed by atoms with Gasteiger partial charge in [0.1, 0.15) is 11.1 Å². The number of pyridine rings is 1. The van der Waals surface area contributed by atoms with E-state index in [2.05, 4.69) is 0 Å². The van der Waals surface area contributed by atoms with Gasteiger partial charge in [-0.05, 0) is 6.07 Å². The minimum Gasteiger partial charge on any atom is -0.473 e.